The average molecular weight is 197 g/mol. The van der Waals surface area contributed by atoms with Gasteiger partial charge in [-0.15, -0.1) is 0 Å². The van der Waals surface area contributed by atoms with Gasteiger partial charge in [-0.1, -0.05) is 23.2 Å². The third-order valence-corrected chi connectivity index (χ3v) is 2.42. The molecule has 6 heteroatoms. The van der Waals surface area contributed by atoms with Gasteiger partial charge in [-0.3, -0.25) is 10.1 Å². The van der Waals surface area contributed by atoms with E-state index in [9.17, 15) is 9.59 Å². The molecule has 0 saturated carbocycles. The summed E-state index contributed by atoms with van der Waals surface area (Å²) in [6.07, 6.45) is 0. The first kappa shape index (κ1) is 8.62. The van der Waals surface area contributed by atoms with E-state index in [0.29, 0.717) is 0 Å². The normalized spacial score (nSPS) is 29.2. The minimum atomic E-state index is -1.56. The molecule has 0 bridgehead atoms. The standard InChI is InChI=1S/C5H6Cl2N2O2/c1-2-5(6,7)3(10)9-4(11)8-2/h2H,1H3,(H2,8,9,10,11)/t2-/m1/s1. The molecule has 62 valence electrons. The van der Waals surface area contributed by atoms with Crippen molar-refractivity contribution in [3.05, 3.63) is 0 Å². The Labute approximate surface area is 73.2 Å². The highest BCUT2D eigenvalue weighted by molar-refractivity contribution is 6.59. The zero-order valence-corrected chi connectivity index (χ0v) is 7.16. The van der Waals surface area contributed by atoms with Crippen LogP contribution in [-0.2, 0) is 4.79 Å². The minimum absolute atomic E-state index is 0.570. The van der Waals surface area contributed by atoms with Gasteiger partial charge in [-0.25, -0.2) is 4.79 Å². The molecule has 0 spiro atoms. The summed E-state index contributed by atoms with van der Waals surface area (Å²) < 4.78 is -1.56. The number of carbonyl (C=O) groups excluding carboxylic acids is 2. The van der Waals surface area contributed by atoms with Crippen LogP contribution in [0.5, 0.6) is 0 Å². The Morgan fingerprint density at radius 1 is 1.45 bits per heavy atom. The van der Waals surface area contributed by atoms with Crippen molar-refractivity contribution < 1.29 is 9.59 Å². The summed E-state index contributed by atoms with van der Waals surface area (Å²) in [5.41, 5.74) is 0. The van der Waals surface area contributed by atoms with E-state index in [1.807, 2.05) is 5.32 Å². The van der Waals surface area contributed by atoms with Gasteiger partial charge >= 0.3 is 6.03 Å². The molecule has 1 heterocycles. The van der Waals surface area contributed by atoms with Gasteiger partial charge in [-0.05, 0) is 6.92 Å². The quantitative estimate of drug-likeness (QED) is 0.551. The Balaban J connectivity index is 2.84. The fourth-order valence-corrected chi connectivity index (χ4v) is 0.910. The number of amides is 3. The number of urea groups is 1. The molecule has 1 saturated heterocycles. The third kappa shape index (κ3) is 1.41. The van der Waals surface area contributed by atoms with Crippen LogP contribution in [0.3, 0.4) is 0 Å². The second-order valence-corrected chi connectivity index (χ2v) is 3.66. The molecule has 0 aromatic rings. The van der Waals surface area contributed by atoms with Crippen LogP contribution in [-0.4, -0.2) is 22.3 Å². The number of halogens is 2. The summed E-state index contributed by atoms with van der Waals surface area (Å²) in [5, 5.41) is 4.31. The van der Waals surface area contributed by atoms with Gasteiger partial charge in [0.25, 0.3) is 5.91 Å². The molecule has 0 radical (unpaired) electrons. The number of alkyl halides is 2. The molecule has 2 N–H and O–H groups in total. The van der Waals surface area contributed by atoms with Crippen LogP contribution in [0.2, 0.25) is 0 Å². The number of nitrogens with one attached hydrogen (secondary N) is 2. The van der Waals surface area contributed by atoms with Gasteiger partial charge in [-0.2, -0.15) is 0 Å². The Bertz CT molecular complexity index is 217. The summed E-state index contributed by atoms with van der Waals surface area (Å²) in [5.74, 6) is -0.683. The van der Waals surface area contributed by atoms with Crippen LogP contribution in [0, 0.1) is 0 Å². The fourth-order valence-electron chi connectivity index (χ4n) is 0.706. The molecule has 1 rings (SSSR count). The van der Waals surface area contributed by atoms with E-state index in [1.165, 1.54) is 0 Å². The van der Waals surface area contributed by atoms with E-state index in [4.69, 9.17) is 23.2 Å². The van der Waals surface area contributed by atoms with E-state index >= 15 is 0 Å². The van der Waals surface area contributed by atoms with Crippen LogP contribution in [0.25, 0.3) is 0 Å². The first-order valence-electron chi connectivity index (χ1n) is 2.94. The number of carbonyl (C=O) groups is 2. The Morgan fingerprint density at radius 2 is 2.00 bits per heavy atom. The molecule has 3 amide bonds. The van der Waals surface area contributed by atoms with Gasteiger partial charge in [0.2, 0.25) is 4.33 Å². The third-order valence-electron chi connectivity index (χ3n) is 1.42. The van der Waals surface area contributed by atoms with Crippen LogP contribution in [0.1, 0.15) is 6.92 Å². The molecular formula is C5H6Cl2N2O2. The van der Waals surface area contributed by atoms with Crippen molar-refractivity contribution in [3.63, 3.8) is 0 Å². The lowest BCUT2D eigenvalue weighted by molar-refractivity contribution is -0.121. The maximum atomic E-state index is 10.9. The molecule has 4 nitrogen and oxygen atoms in total. The highest BCUT2D eigenvalue weighted by atomic mass is 35.5. The number of hydrogen-bond donors (Lipinski definition) is 2. The Morgan fingerprint density at radius 3 is 2.45 bits per heavy atom. The molecule has 1 aliphatic heterocycles. The number of hydrogen-bond acceptors (Lipinski definition) is 2. The predicted molar refractivity (Wildman–Crippen MR) is 40.6 cm³/mol. The summed E-state index contributed by atoms with van der Waals surface area (Å²) in [7, 11) is 0. The van der Waals surface area contributed by atoms with Crippen LogP contribution >= 0.6 is 23.2 Å². The zero-order valence-electron chi connectivity index (χ0n) is 5.65. The molecule has 1 aliphatic rings. The number of imide groups is 1. The molecule has 0 unspecified atom stereocenters. The second kappa shape index (κ2) is 2.53. The van der Waals surface area contributed by atoms with Crippen LogP contribution < -0.4 is 10.6 Å². The molecule has 0 aliphatic carbocycles. The topological polar surface area (TPSA) is 58.2 Å². The van der Waals surface area contributed by atoms with E-state index in [1.54, 1.807) is 6.92 Å². The molecule has 11 heavy (non-hydrogen) atoms. The first-order valence-corrected chi connectivity index (χ1v) is 3.70. The van der Waals surface area contributed by atoms with Crippen LogP contribution in [0.4, 0.5) is 4.79 Å². The van der Waals surface area contributed by atoms with E-state index in [2.05, 4.69) is 5.32 Å². The van der Waals surface area contributed by atoms with Crippen molar-refractivity contribution in [2.45, 2.75) is 17.3 Å². The molecular weight excluding hydrogens is 191 g/mol. The number of rotatable bonds is 0. The van der Waals surface area contributed by atoms with Crippen molar-refractivity contribution in [1.82, 2.24) is 10.6 Å². The van der Waals surface area contributed by atoms with Gasteiger partial charge in [0, 0.05) is 0 Å². The lowest BCUT2D eigenvalue weighted by atomic mass is 10.2. The smallest absolute Gasteiger partial charge is 0.321 e. The van der Waals surface area contributed by atoms with Gasteiger partial charge in [0.15, 0.2) is 0 Å². The summed E-state index contributed by atoms with van der Waals surface area (Å²) in [6.45, 7) is 1.55. The molecule has 0 aromatic heterocycles. The van der Waals surface area contributed by atoms with Crippen LogP contribution in [0.15, 0.2) is 0 Å². The van der Waals surface area contributed by atoms with Crippen molar-refractivity contribution in [2.75, 3.05) is 0 Å². The van der Waals surface area contributed by atoms with Gasteiger partial charge in [0.1, 0.15) is 0 Å². The lowest BCUT2D eigenvalue weighted by Gasteiger charge is -2.30. The zero-order chi connectivity index (χ0) is 8.65. The SMILES string of the molecule is C[C@H]1NC(=O)NC(=O)C1(Cl)Cl. The average Bonchev–Trinajstić information content (AvgIpc) is 1.84. The molecule has 0 aromatic carbocycles. The van der Waals surface area contributed by atoms with Crippen molar-refractivity contribution in [1.29, 1.82) is 0 Å². The fraction of sp³-hybridized carbons (Fsp3) is 0.600. The minimum Gasteiger partial charge on any atom is -0.332 e. The predicted octanol–water partition coefficient (Wildman–Crippen LogP) is 0.388. The summed E-state index contributed by atoms with van der Waals surface area (Å²) in [6, 6.07) is -1.15. The van der Waals surface area contributed by atoms with E-state index < -0.39 is 22.3 Å². The molecule has 1 fully saturated rings. The summed E-state index contributed by atoms with van der Waals surface area (Å²) in [4.78, 5) is 21.5. The maximum absolute atomic E-state index is 10.9. The summed E-state index contributed by atoms with van der Waals surface area (Å²) >= 11 is 11.2. The highest BCUT2D eigenvalue weighted by Crippen LogP contribution is 2.27. The monoisotopic (exact) mass is 196 g/mol. The van der Waals surface area contributed by atoms with Gasteiger partial charge in [0.05, 0.1) is 6.04 Å². The van der Waals surface area contributed by atoms with Gasteiger partial charge < -0.3 is 5.32 Å². The maximum Gasteiger partial charge on any atom is 0.321 e. The Kier molecular flexibility index (Phi) is 1.98. The van der Waals surface area contributed by atoms with E-state index in [-0.39, 0.29) is 0 Å². The van der Waals surface area contributed by atoms with Crippen molar-refractivity contribution in [3.8, 4) is 0 Å². The van der Waals surface area contributed by atoms with Crippen molar-refractivity contribution in [2.24, 2.45) is 0 Å². The van der Waals surface area contributed by atoms with Crippen molar-refractivity contribution >= 4 is 35.1 Å². The molecule has 1 atom stereocenters. The Hall–Kier alpha value is -0.480. The van der Waals surface area contributed by atoms with E-state index in [0.717, 1.165) is 0 Å². The lowest BCUT2D eigenvalue weighted by Crippen LogP contribution is -2.62. The highest BCUT2D eigenvalue weighted by Gasteiger charge is 2.45. The first-order chi connectivity index (χ1) is 4.94. The largest absolute Gasteiger partial charge is 0.332 e. The second-order valence-electron chi connectivity index (χ2n) is 2.27.